The molecule has 1 aromatic rings. The zero-order chi connectivity index (χ0) is 9.14. The molecule has 0 aliphatic heterocycles. The van der Waals surface area contributed by atoms with Gasteiger partial charge < -0.3 is 15.2 Å². The molecule has 0 aliphatic carbocycles. The van der Waals surface area contributed by atoms with Gasteiger partial charge >= 0.3 is 0 Å². The zero-order valence-corrected chi connectivity index (χ0v) is 7.91. The molecule has 0 saturated carbocycles. The molecule has 0 spiro atoms. The monoisotopic (exact) mass is 168 g/mol. The first-order valence-corrected chi connectivity index (χ1v) is 4.03. The summed E-state index contributed by atoms with van der Waals surface area (Å²) in [4.78, 5) is 6.23. The van der Waals surface area contributed by atoms with Crippen LogP contribution in [0.15, 0.2) is 6.20 Å². The lowest BCUT2D eigenvalue weighted by atomic mass is 10.5. The van der Waals surface area contributed by atoms with E-state index in [1.54, 1.807) is 0 Å². The Balaban J connectivity index is 2.57. The molecule has 4 nitrogen and oxygen atoms in total. The van der Waals surface area contributed by atoms with Gasteiger partial charge in [0.25, 0.3) is 0 Å². The fourth-order valence-corrected chi connectivity index (χ4v) is 1.05. The van der Waals surface area contributed by atoms with Crippen LogP contribution in [0.1, 0.15) is 5.69 Å². The second-order valence-corrected chi connectivity index (χ2v) is 3.24. The van der Waals surface area contributed by atoms with Crippen molar-refractivity contribution >= 4 is 5.95 Å². The van der Waals surface area contributed by atoms with Crippen LogP contribution in [0.3, 0.4) is 0 Å². The van der Waals surface area contributed by atoms with E-state index in [2.05, 4.69) is 9.88 Å². The number of nitrogens with two attached hydrogens (primary N) is 1. The van der Waals surface area contributed by atoms with E-state index in [9.17, 15) is 0 Å². The average molecular weight is 168 g/mol. The number of aromatic nitrogens is 2. The normalized spacial score (nSPS) is 11.0. The minimum Gasteiger partial charge on any atom is -0.369 e. The van der Waals surface area contributed by atoms with Gasteiger partial charge in [-0.2, -0.15) is 0 Å². The smallest absolute Gasteiger partial charge is 0.200 e. The molecule has 12 heavy (non-hydrogen) atoms. The lowest BCUT2D eigenvalue weighted by Gasteiger charge is -2.10. The lowest BCUT2D eigenvalue weighted by Crippen LogP contribution is -2.18. The third kappa shape index (κ3) is 2.23. The van der Waals surface area contributed by atoms with Crippen molar-refractivity contribution in [3.05, 3.63) is 11.9 Å². The molecule has 2 N–H and O–H groups in total. The predicted octanol–water partition coefficient (Wildman–Crippen LogP) is 0.335. The summed E-state index contributed by atoms with van der Waals surface area (Å²) in [6.45, 7) is 3.84. The van der Waals surface area contributed by atoms with Crippen molar-refractivity contribution in [1.29, 1.82) is 0 Å². The number of hydrogen-bond acceptors (Lipinski definition) is 3. The van der Waals surface area contributed by atoms with Crippen molar-refractivity contribution in [1.82, 2.24) is 14.5 Å². The number of nitrogen functional groups attached to an aromatic ring is 1. The van der Waals surface area contributed by atoms with Crippen molar-refractivity contribution in [3.63, 3.8) is 0 Å². The van der Waals surface area contributed by atoms with Gasteiger partial charge in [-0.3, -0.25) is 0 Å². The molecular weight excluding hydrogens is 152 g/mol. The van der Waals surface area contributed by atoms with Crippen LogP contribution >= 0.6 is 0 Å². The number of nitrogens with zero attached hydrogens (tertiary/aromatic N) is 3. The van der Waals surface area contributed by atoms with Crippen LogP contribution in [-0.2, 0) is 6.54 Å². The highest BCUT2D eigenvalue weighted by molar-refractivity contribution is 5.20. The zero-order valence-electron chi connectivity index (χ0n) is 7.91. The van der Waals surface area contributed by atoms with E-state index in [4.69, 9.17) is 5.73 Å². The summed E-state index contributed by atoms with van der Waals surface area (Å²) in [5, 5.41) is 0. The average Bonchev–Trinajstić information content (AvgIpc) is 2.26. The van der Waals surface area contributed by atoms with Crippen LogP contribution in [0.25, 0.3) is 0 Å². The second kappa shape index (κ2) is 3.58. The van der Waals surface area contributed by atoms with Crippen molar-refractivity contribution in [2.45, 2.75) is 13.5 Å². The van der Waals surface area contributed by atoms with Gasteiger partial charge in [-0.05, 0) is 21.0 Å². The van der Waals surface area contributed by atoms with Gasteiger partial charge in [0.05, 0.1) is 5.69 Å². The summed E-state index contributed by atoms with van der Waals surface area (Å²) in [6, 6.07) is 0. The van der Waals surface area contributed by atoms with Crippen LogP contribution in [0.2, 0.25) is 0 Å². The lowest BCUT2D eigenvalue weighted by molar-refractivity contribution is 0.385. The Kier molecular flexibility index (Phi) is 2.70. The number of anilines is 1. The summed E-state index contributed by atoms with van der Waals surface area (Å²) >= 11 is 0. The molecule has 0 unspecified atom stereocenters. The first-order valence-electron chi connectivity index (χ1n) is 4.03. The molecule has 0 radical (unpaired) electrons. The minimum absolute atomic E-state index is 0.606. The Morgan fingerprint density at radius 3 is 2.67 bits per heavy atom. The van der Waals surface area contributed by atoms with Gasteiger partial charge in [-0.25, -0.2) is 4.98 Å². The molecule has 1 heterocycles. The van der Waals surface area contributed by atoms with E-state index < -0.39 is 0 Å². The number of likely N-dealkylation sites (N-methyl/N-ethyl adjacent to an activating group) is 1. The highest BCUT2D eigenvalue weighted by Gasteiger charge is 2.00. The molecule has 0 bridgehead atoms. The maximum atomic E-state index is 5.66. The fraction of sp³-hybridized carbons (Fsp3) is 0.625. The van der Waals surface area contributed by atoms with Crippen LogP contribution in [0.5, 0.6) is 0 Å². The largest absolute Gasteiger partial charge is 0.369 e. The van der Waals surface area contributed by atoms with Crippen molar-refractivity contribution < 1.29 is 0 Å². The second-order valence-electron chi connectivity index (χ2n) is 3.24. The summed E-state index contributed by atoms with van der Waals surface area (Å²) in [5.41, 5.74) is 6.64. The third-order valence-electron chi connectivity index (χ3n) is 1.72. The maximum absolute atomic E-state index is 5.66. The van der Waals surface area contributed by atoms with Gasteiger partial charge in [-0.1, -0.05) is 0 Å². The van der Waals surface area contributed by atoms with Gasteiger partial charge in [0.2, 0.25) is 0 Å². The van der Waals surface area contributed by atoms with E-state index in [0.717, 1.165) is 18.8 Å². The number of hydrogen-bond donors (Lipinski definition) is 1. The van der Waals surface area contributed by atoms with E-state index in [1.165, 1.54) is 0 Å². The predicted molar refractivity (Wildman–Crippen MR) is 49.9 cm³/mol. The topological polar surface area (TPSA) is 47.1 Å². The standard InChI is InChI=1S/C8H16N4/c1-7-6-12(8(9)10-7)5-4-11(2)3/h6H,4-5H2,1-3H3,(H2,9,10). The van der Waals surface area contributed by atoms with E-state index >= 15 is 0 Å². The molecule has 0 aromatic carbocycles. The van der Waals surface area contributed by atoms with Crippen molar-refractivity contribution in [2.24, 2.45) is 0 Å². The summed E-state index contributed by atoms with van der Waals surface area (Å²) < 4.78 is 1.97. The number of aryl methyl sites for hydroxylation is 1. The number of imidazole rings is 1. The Labute approximate surface area is 73.0 Å². The minimum atomic E-state index is 0.606. The van der Waals surface area contributed by atoms with Crippen LogP contribution in [0.4, 0.5) is 5.95 Å². The maximum Gasteiger partial charge on any atom is 0.200 e. The van der Waals surface area contributed by atoms with Crippen LogP contribution < -0.4 is 5.73 Å². The molecule has 0 aliphatic rings. The Morgan fingerprint density at radius 2 is 2.25 bits per heavy atom. The highest BCUT2D eigenvalue weighted by Crippen LogP contribution is 2.03. The molecule has 0 saturated heterocycles. The quantitative estimate of drug-likeness (QED) is 0.707. The molecular formula is C8H16N4. The van der Waals surface area contributed by atoms with Crippen molar-refractivity contribution in [2.75, 3.05) is 26.4 Å². The van der Waals surface area contributed by atoms with Crippen molar-refractivity contribution in [3.8, 4) is 0 Å². The molecule has 68 valence electrons. The van der Waals surface area contributed by atoms with Gasteiger partial charge in [0, 0.05) is 19.3 Å². The van der Waals surface area contributed by atoms with Crippen LogP contribution in [0, 0.1) is 6.92 Å². The first-order chi connectivity index (χ1) is 5.59. The first kappa shape index (κ1) is 9.06. The third-order valence-corrected chi connectivity index (χ3v) is 1.72. The SMILES string of the molecule is Cc1cn(CCN(C)C)c(N)n1. The van der Waals surface area contributed by atoms with Gasteiger partial charge in [0.1, 0.15) is 0 Å². The van der Waals surface area contributed by atoms with Gasteiger partial charge in [0.15, 0.2) is 5.95 Å². The molecule has 4 heteroatoms. The molecule has 0 fully saturated rings. The molecule has 1 rings (SSSR count). The van der Waals surface area contributed by atoms with E-state index in [-0.39, 0.29) is 0 Å². The van der Waals surface area contributed by atoms with E-state index in [0.29, 0.717) is 5.95 Å². The molecule has 0 atom stereocenters. The highest BCUT2D eigenvalue weighted by atomic mass is 15.2. The Morgan fingerprint density at radius 1 is 1.58 bits per heavy atom. The summed E-state index contributed by atoms with van der Waals surface area (Å²) in [5.74, 6) is 0.606. The summed E-state index contributed by atoms with van der Waals surface area (Å²) in [6.07, 6.45) is 1.97. The Bertz CT molecular complexity index is 252. The molecule has 0 amide bonds. The summed E-state index contributed by atoms with van der Waals surface area (Å²) in [7, 11) is 4.08. The Hall–Kier alpha value is -1.03. The fourth-order valence-electron chi connectivity index (χ4n) is 1.05. The molecule has 1 aromatic heterocycles. The van der Waals surface area contributed by atoms with E-state index in [1.807, 2.05) is 31.8 Å². The van der Waals surface area contributed by atoms with Crippen LogP contribution in [-0.4, -0.2) is 35.1 Å². The number of rotatable bonds is 3. The van der Waals surface area contributed by atoms with Gasteiger partial charge in [-0.15, -0.1) is 0 Å².